The summed E-state index contributed by atoms with van der Waals surface area (Å²) in [5.41, 5.74) is 1.63. The Balaban J connectivity index is 1.68. The Kier molecular flexibility index (Phi) is 7.05. The van der Waals surface area contributed by atoms with Gasteiger partial charge in [-0.05, 0) is 61.4 Å². The number of hydrogen-bond donors (Lipinski definition) is 1. The first-order chi connectivity index (χ1) is 14.1. The third-order valence-electron chi connectivity index (χ3n) is 5.14. The van der Waals surface area contributed by atoms with Gasteiger partial charge >= 0.3 is 6.03 Å². The number of nitrogens with zero attached hydrogens (tertiary/aromatic N) is 2. The summed E-state index contributed by atoms with van der Waals surface area (Å²) < 4.78 is 18.4. The molecule has 3 rings (SSSR count). The number of aldehydes is 1. The summed E-state index contributed by atoms with van der Waals surface area (Å²) in [4.78, 5) is 27.6. The number of piperazine rings is 1. The first-order valence-corrected chi connectivity index (χ1v) is 9.76. The lowest BCUT2D eigenvalue weighted by Crippen LogP contribution is -2.56. The second-order valence-corrected chi connectivity index (χ2v) is 7.03. The van der Waals surface area contributed by atoms with Gasteiger partial charge in [-0.1, -0.05) is 0 Å². The van der Waals surface area contributed by atoms with Crippen LogP contribution in [0.4, 0.5) is 20.6 Å². The maximum Gasteiger partial charge on any atom is 0.322 e. The van der Waals surface area contributed by atoms with Gasteiger partial charge < -0.3 is 24.6 Å². The summed E-state index contributed by atoms with van der Waals surface area (Å²) in [7, 11) is 1.60. The second kappa shape index (κ2) is 9.91. The molecule has 0 bridgehead atoms. The molecule has 29 heavy (non-hydrogen) atoms. The summed E-state index contributed by atoms with van der Waals surface area (Å²) in [6.45, 7) is 1.84. The highest BCUT2D eigenvalue weighted by molar-refractivity contribution is 5.89. The molecule has 1 aliphatic heterocycles. The van der Waals surface area contributed by atoms with Crippen LogP contribution in [0.5, 0.6) is 5.75 Å². The Hall–Kier alpha value is -3.09. The Bertz CT molecular complexity index is 811. The lowest BCUT2D eigenvalue weighted by molar-refractivity contribution is -0.108. The number of hydrogen-bond acceptors (Lipinski definition) is 4. The van der Waals surface area contributed by atoms with Gasteiger partial charge in [-0.3, -0.25) is 0 Å². The SMILES string of the molecule is COc1ccc(NC(=O)N2CCN(c3ccc(F)cc3)CC2CCCC=O)cc1. The van der Waals surface area contributed by atoms with Crippen LogP contribution in [-0.2, 0) is 4.79 Å². The molecule has 1 fully saturated rings. The highest BCUT2D eigenvalue weighted by Gasteiger charge is 2.30. The molecule has 1 N–H and O–H groups in total. The number of halogens is 1. The number of nitrogens with one attached hydrogen (secondary N) is 1. The molecule has 0 aromatic heterocycles. The van der Waals surface area contributed by atoms with Crippen molar-refractivity contribution in [1.29, 1.82) is 0 Å². The van der Waals surface area contributed by atoms with Gasteiger partial charge in [0.15, 0.2) is 0 Å². The fourth-order valence-corrected chi connectivity index (χ4v) is 3.56. The number of rotatable bonds is 7. The minimum atomic E-state index is -0.270. The van der Waals surface area contributed by atoms with Crippen molar-refractivity contribution in [2.45, 2.75) is 25.3 Å². The van der Waals surface area contributed by atoms with Gasteiger partial charge in [0.2, 0.25) is 0 Å². The predicted octanol–water partition coefficient (Wildman–Crippen LogP) is 3.93. The van der Waals surface area contributed by atoms with E-state index in [1.54, 1.807) is 43.5 Å². The average Bonchev–Trinajstić information content (AvgIpc) is 2.75. The summed E-state index contributed by atoms with van der Waals surface area (Å²) in [5.74, 6) is 0.455. The van der Waals surface area contributed by atoms with Gasteiger partial charge in [-0.2, -0.15) is 0 Å². The van der Waals surface area contributed by atoms with Crippen LogP contribution in [0.1, 0.15) is 19.3 Å². The molecule has 154 valence electrons. The topological polar surface area (TPSA) is 61.9 Å². The molecule has 2 aromatic carbocycles. The lowest BCUT2D eigenvalue weighted by atomic mass is 10.0. The largest absolute Gasteiger partial charge is 0.497 e. The molecule has 1 atom stereocenters. The lowest BCUT2D eigenvalue weighted by Gasteiger charge is -2.42. The maximum atomic E-state index is 13.2. The van der Waals surface area contributed by atoms with Crippen molar-refractivity contribution in [3.63, 3.8) is 0 Å². The van der Waals surface area contributed by atoms with Gasteiger partial charge in [-0.15, -0.1) is 0 Å². The number of unbranched alkanes of at least 4 members (excludes halogenated alkanes) is 1. The minimum absolute atomic E-state index is 0.0352. The molecule has 1 heterocycles. The number of carbonyl (C=O) groups is 2. The molecule has 0 aliphatic carbocycles. The van der Waals surface area contributed by atoms with Crippen LogP contribution >= 0.6 is 0 Å². The smallest absolute Gasteiger partial charge is 0.322 e. The molecular formula is C22H26FN3O3. The highest BCUT2D eigenvalue weighted by atomic mass is 19.1. The van der Waals surface area contributed by atoms with Gasteiger partial charge in [0, 0.05) is 37.4 Å². The fourth-order valence-electron chi connectivity index (χ4n) is 3.56. The Labute approximate surface area is 170 Å². The van der Waals surface area contributed by atoms with Gasteiger partial charge in [0.25, 0.3) is 0 Å². The average molecular weight is 399 g/mol. The van der Waals surface area contributed by atoms with Crippen molar-refractivity contribution in [3.8, 4) is 5.75 Å². The van der Waals surface area contributed by atoms with Crippen LogP contribution in [0.2, 0.25) is 0 Å². The third kappa shape index (κ3) is 5.47. The van der Waals surface area contributed by atoms with E-state index >= 15 is 0 Å². The van der Waals surface area contributed by atoms with Crippen molar-refractivity contribution in [1.82, 2.24) is 4.90 Å². The first kappa shape index (κ1) is 20.6. The fraction of sp³-hybridized carbons (Fsp3) is 0.364. The van der Waals surface area contributed by atoms with Gasteiger partial charge in [0.1, 0.15) is 17.9 Å². The van der Waals surface area contributed by atoms with Crippen LogP contribution in [0.3, 0.4) is 0 Å². The molecule has 0 radical (unpaired) electrons. The summed E-state index contributed by atoms with van der Waals surface area (Å²) in [6, 6.07) is 13.4. The number of urea groups is 1. The monoisotopic (exact) mass is 399 g/mol. The summed E-state index contributed by atoms with van der Waals surface area (Å²) in [6.07, 6.45) is 2.83. The number of amides is 2. The quantitative estimate of drug-likeness (QED) is 0.566. The number of carbonyl (C=O) groups excluding carboxylic acids is 2. The second-order valence-electron chi connectivity index (χ2n) is 7.03. The number of anilines is 2. The number of methoxy groups -OCH3 is 1. The number of ether oxygens (including phenoxy) is 1. The molecule has 1 saturated heterocycles. The molecule has 1 aliphatic rings. The van der Waals surface area contributed by atoms with Crippen molar-refractivity contribution < 1.29 is 18.7 Å². The first-order valence-electron chi connectivity index (χ1n) is 9.76. The maximum absolute atomic E-state index is 13.2. The van der Waals surface area contributed by atoms with E-state index in [0.717, 1.165) is 30.6 Å². The van der Waals surface area contributed by atoms with Crippen LogP contribution in [0.15, 0.2) is 48.5 Å². The van der Waals surface area contributed by atoms with E-state index in [0.29, 0.717) is 31.7 Å². The molecule has 0 spiro atoms. The van der Waals surface area contributed by atoms with E-state index < -0.39 is 0 Å². The predicted molar refractivity (Wildman–Crippen MR) is 111 cm³/mol. The third-order valence-corrected chi connectivity index (χ3v) is 5.14. The molecule has 2 amide bonds. The Morgan fingerprint density at radius 1 is 1.17 bits per heavy atom. The van der Waals surface area contributed by atoms with Crippen LogP contribution in [0.25, 0.3) is 0 Å². The van der Waals surface area contributed by atoms with Crippen LogP contribution in [0, 0.1) is 5.82 Å². The zero-order valence-corrected chi connectivity index (χ0v) is 16.5. The van der Waals surface area contributed by atoms with Crippen LogP contribution in [-0.4, -0.2) is 50.0 Å². The van der Waals surface area contributed by atoms with Crippen molar-refractivity contribution in [2.24, 2.45) is 0 Å². The summed E-state index contributed by atoms with van der Waals surface area (Å²) >= 11 is 0. The van der Waals surface area contributed by atoms with Crippen LogP contribution < -0.4 is 15.0 Å². The van der Waals surface area contributed by atoms with Crippen molar-refractivity contribution >= 4 is 23.7 Å². The zero-order chi connectivity index (χ0) is 20.6. The summed E-state index contributed by atoms with van der Waals surface area (Å²) in [5, 5.41) is 2.94. The molecule has 0 saturated carbocycles. The van der Waals surface area contributed by atoms with E-state index in [-0.39, 0.29) is 17.9 Å². The van der Waals surface area contributed by atoms with Gasteiger partial charge in [0.05, 0.1) is 13.2 Å². The zero-order valence-electron chi connectivity index (χ0n) is 16.5. The van der Waals surface area contributed by atoms with Crippen molar-refractivity contribution in [2.75, 3.05) is 37.0 Å². The van der Waals surface area contributed by atoms with Gasteiger partial charge in [-0.25, -0.2) is 9.18 Å². The number of benzene rings is 2. The normalized spacial score (nSPS) is 16.4. The van der Waals surface area contributed by atoms with Crippen molar-refractivity contribution in [3.05, 3.63) is 54.3 Å². The minimum Gasteiger partial charge on any atom is -0.497 e. The molecule has 1 unspecified atom stereocenters. The Morgan fingerprint density at radius 3 is 2.55 bits per heavy atom. The molecule has 7 heteroatoms. The highest BCUT2D eigenvalue weighted by Crippen LogP contribution is 2.23. The van der Waals surface area contributed by atoms with E-state index in [1.165, 1.54) is 12.1 Å². The molecule has 6 nitrogen and oxygen atoms in total. The van der Waals surface area contributed by atoms with E-state index in [4.69, 9.17) is 4.74 Å². The van der Waals surface area contributed by atoms with E-state index in [9.17, 15) is 14.0 Å². The Morgan fingerprint density at radius 2 is 1.90 bits per heavy atom. The molecular weight excluding hydrogens is 373 g/mol. The van der Waals surface area contributed by atoms with E-state index in [1.807, 2.05) is 4.90 Å². The van der Waals surface area contributed by atoms with E-state index in [2.05, 4.69) is 10.2 Å². The molecule has 2 aromatic rings. The standard InChI is InChI=1S/C22H26FN3O3/c1-29-21-11-7-18(8-12-21)24-22(28)26-14-13-25(16-20(26)4-2-3-15-27)19-9-5-17(23)6-10-19/h5-12,15,20H,2-4,13-14,16H2,1H3,(H,24,28).